The van der Waals surface area contributed by atoms with Crippen molar-refractivity contribution in [3.05, 3.63) is 9.15 Å². The largest absolute Gasteiger partial charge is 0.0654 e. The van der Waals surface area contributed by atoms with Crippen LogP contribution in [0.15, 0.2) is 9.15 Å². The summed E-state index contributed by atoms with van der Waals surface area (Å²) in [4.78, 5) is 0. The van der Waals surface area contributed by atoms with E-state index in [9.17, 15) is 0 Å². The molecule has 0 N–H and O–H groups in total. The maximum absolute atomic E-state index is 2.49. The predicted molar refractivity (Wildman–Crippen MR) is 72.8 cm³/mol. The van der Waals surface area contributed by atoms with Crippen LogP contribution in [0.4, 0.5) is 0 Å². The highest BCUT2D eigenvalue weighted by molar-refractivity contribution is 14.1. The van der Waals surface area contributed by atoms with Crippen LogP contribution in [0.5, 0.6) is 0 Å². The molecule has 0 fully saturated rings. The van der Waals surface area contributed by atoms with Gasteiger partial charge in [0.1, 0.15) is 0 Å². The molecule has 0 spiro atoms. The molecular formula is C13H23I. The van der Waals surface area contributed by atoms with Crippen molar-refractivity contribution >= 4 is 22.6 Å². The molecule has 1 unspecified atom stereocenters. The molecule has 0 aromatic heterocycles. The zero-order valence-corrected chi connectivity index (χ0v) is 11.8. The molecule has 0 radical (unpaired) electrons. The fourth-order valence-corrected chi connectivity index (χ4v) is 3.08. The van der Waals surface area contributed by atoms with E-state index in [-0.39, 0.29) is 0 Å². The van der Waals surface area contributed by atoms with Crippen LogP contribution >= 0.6 is 22.6 Å². The fraction of sp³-hybridized carbons (Fsp3) is 0.846. The van der Waals surface area contributed by atoms with Crippen molar-refractivity contribution in [2.45, 2.75) is 65.2 Å². The second-order valence-electron chi connectivity index (χ2n) is 4.55. The Balaban J connectivity index is 1.91. The van der Waals surface area contributed by atoms with Gasteiger partial charge in [0.05, 0.1) is 0 Å². The summed E-state index contributed by atoms with van der Waals surface area (Å²) >= 11 is 2.49. The third-order valence-corrected chi connectivity index (χ3v) is 4.66. The van der Waals surface area contributed by atoms with Crippen molar-refractivity contribution in [1.82, 2.24) is 0 Å². The minimum atomic E-state index is 0.952. The Hall–Kier alpha value is 0.470. The molecule has 1 rings (SSSR count). The molecule has 0 nitrogen and oxygen atoms in total. The van der Waals surface area contributed by atoms with Crippen LogP contribution < -0.4 is 0 Å². The van der Waals surface area contributed by atoms with E-state index in [1.54, 1.807) is 9.15 Å². The Kier molecular flexibility index (Phi) is 6.15. The molecule has 82 valence electrons. The van der Waals surface area contributed by atoms with Crippen LogP contribution in [0.25, 0.3) is 0 Å². The second-order valence-corrected chi connectivity index (χ2v) is 5.85. The summed E-state index contributed by atoms with van der Waals surface area (Å²) in [5.41, 5.74) is 1.68. The van der Waals surface area contributed by atoms with Gasteiger partial charge in [-0.25, -0.2) is 0 Å². The van der Waals surface area contributed by atoms with Gasteiger partial charge in [-0.05, 0) is 51.9 Å². The third-order valence-electron chi connectivity index (χ3n) is 3.37. The average molecular weight is 306 g/mol. The third kappa shape index (κ3) is 3.92. The summed E-state index contributed by atoms with van der Waals surface area (Å²) in [5, 5.41) is 0. The number of hydrogen-bond donors (Lipinski definition) is 0. The van der Waals surface area contributed by atoms with Crippen LogP contribution in [-0.2, 0) is 0 Å². The summed E-state index contributed by atoms with van der Waals surface area (Å²) in [6.45, 7) is 4.59. The topological polar surface area (TPSA) is 0 Å². The molecule has 0 bridgehead atoms. The number of halogens is 1. The maximum atomic E-state index is 2.49. The van der Waals surface area contributed by atoms with E-state index >= 15 is 0 Å². The molecule has 14 heavy (non-hydrogen) atoms. The second kappa shape index (κ2) is 6.86. The Bertz CT molecular complexity index is 193. The van der Waals surface area contributed by atoms with Crippen LogP contribution in [0.3, 0.4) is 0 Å². The zero-order chi connectivity index (χ0) is 10.4. The number of unbranched alkanes of at least 4 members (excludes halogenated alkanes) is 5. The lowest BCUT2D eigenvalue weighted by Gasteiger charge is -2.28. The van der Waals surface area contributed by atoms with Crippen LogP contribution in [0.1, 0.15) is 65.2 Å². The Morgan fingerprint density at radius 2 is 1.79 bits per heavy atom. The normalized spacial score (nSPS) is 21.2. The molecular weight excluding hydrogens is 283 g/mol. The van der Waals surface area contributed by atoms with Crippen molar-refractivity contribution in [3.63, 3.8) is 0 Å². The van der Waals surface area contributed by atoms with Crippen molar-refractivity contribution in [3.8, 4) is 0 Å². The SMILES string of the molecule is CCCCCCCCC1CC(I)=C1C. The molecule has 0 amide bonds. The smallest absolute Gasteiger partial charge is 0.00959 e. The van der Waals surface area contributed by atoms with Gasteiger partial charge in [-0.15, -0.1) is 0 Å². The molecule has 0 heterocycles. The molecule has 1 aliphatic rings. The first kappa shape index (κ1) is 12.5. The quantitative estimate of drug-likeness (QED) is 0.432. The molecule has 0 saturated carbocycles. The lowest BCUT2D eigenvalue weighted by atomic mass is 9.82. The van der Waals surface area contributed by atoms with Gasteiger partial charge in [0, 0.05) is 0 Å². The Morgan fingerprint density at radius 3 is 2.36 bits per heavy atom. The number of hydrogen-bond acceptors (Lipinski definition) is 0. The van der Waals surface area contributed by atoms with Gasteiger partial charge < -0.3 is 0 Å². The Labute approximate surface area is 103 Å². The number of rotatable bonds is 7. The molecule has 0 aromatic rings. The zero-order valence-electron chi connectivity index (χ0n) is 9.61. The maximum Gasteiger partial charge on any atom is -0.00959 e. The van der Waals surface area contributed by atoms with E-state index in [4.69, 9.17) is 0 Å². The molecule has 0 saturated heterocycles. The van der Waals surface area contributed by atoms with Gasteiger partial charge in [-0.2, -0.15) is 0 Å². The first-order chi connectivity index (χ1) is 6.75. The minimum absolute atomic E-state index is 0.952. The molecule has 1 heteroatoms. The van der Waals surface area contributed by atoms with Crippen molar-refractivity contribution in [2.24, 2.45) is 5.92 Å². The van der Waals surface area contributed by atoms with Crippen molar-refractivity contribution in [1.29, 1.82) is 0 Å². The first-order valence-corrected chi connectivity index (χ1v) is 7.18. The van der Waals surface area contributed by atoms with Gasteiger partial charge in [-0.3, -0.25) is 0 Å². The summed E-state index contributed by atoms with van der Waals surface area (Å²) < 4.78 is 1.62. The van der Waals surface area contributed by atoms with E-state index in [0.717, 1.165) is 5.92 Å². The lowest BCUT2D eigenvalue weighted by molar-refractivity contribution is 0.471. The highest BCUT2D eigenvalue weighted by atomic mass is 127. The van der Waals surface area contributed by atoms with E-state index in [1.807, 2.05) is 0 Å². The summed E-state index contributed by atoms with van der Waals surface area (Å²) in [5.74, 6) is 0.952. The van der Waals surface area contributed by atoms with E-state index in [0.29, 0.717) is 0 Å². The van der Waals surface area contributed by atoms with Gasteiger partial charge in [0.15, 0.2) is 0 Å². The fourth-order valence-electron chi connectivity index (χ4n) is 2.11. The van der Waals surface area contributed by atoms with Crippen LogP contribution in [0.2, 0.25) is 0 Å². The van der Waals surface area contributed by atoms with Crippen LogP contribution in [0, 0.1) is 5.92 Å². The highest BCUT2D eigenvalue weighted by Gasteiger charge is 2.23. The molecule has 0 aromatic carbocycles. The predicted octanol–water partition coefficient (Wildman–Crippen LogP) is 5.47. The first-order valence-electron chi connectivity index (χ1n) is 6.10. The average Bonchev–Trinajstić information content (AvgIpc) is 2.21. The molecule has 0 aliphatic heterocycles. The summed E-state index contributed by atoms with van der Waals surface area (Å²) in [6, 6.07) is 0. The Morgan fingerprint density at radius 1 is 1.14 bits per heavy atom. The summed E-state index contributed by atoms with van der Waals surface area (Å²) in [7, 11) is 0. The summed E-state index contributed by atoms with van der Waals surface area (Å²) in [6.07, 6.45) is 11.4. The van der Waals surface area contributed by atoms with Crippen molar-refractivity contribution in [2.75, 3.05) is 0 Å². The molecule has 1 aliphatic carbocycles. The lowest BCUT2D eigenvalue weighted by Crippen LogP contribution is -2.13. The van der Waals surface area contributed by atoms with Gasteiger partial charge in [-0.1, -0.05) is 51.0 Å². The van der Waals surface area contributed by atoms with Gasteiger partial charge in [0.2, 0.25) is 0 Å². The standard InChI is InChI=1S/C13H23I/c1-3-4-5-6-7-8-9-12-10-13(14)11(12)2/h12H,3-10H2,1-2H3. The van der Waals surface area contributed by atoms with E-state index in [2.05, 4.69) is 36.4 Å². The van der Waals surface area contributed by atoms with E-state index < -0.39 is 0 Å². The van der Waals surface area contributed by atoms with Crippen LogP contribution in [-0.4, -0.2) is 0 Å². The van der Waals surface area contributed by atoms with Crippen molar-refractivity contribution < 1.29 is 0 Å². The number of allylic oxidation sites excluding steroid dienone is 2. The monoisotopic (exact) mass is 306 g/mol. The molecule has 1 atom stereocenters. The van der Waals surface area contributed by atoms with Gasteiger partial charge in [0.25, 0.3) is 0 Å². The van der Waals surface area contributed by atoms with E-state index in [1.165, 1.54) is 51.4 Å². The minimum Gasteiger partial charge on any atom is -0.0654 e. The highest BCUT2D eigenvalue weighted by Crippen LogP contribution is 2.41. The van der Waals surface area contributed by atoms with Gasteiger partial charge >= 0.3 is 0 Å².